The second-order valence-electron chi connectivity index (χ2n) is 10.8. The zero-order valence-electron chi connectivity index (χ0n) is 22.1. The zero-order valence-corrected chi connectivity index (χ0v) is 22.9. The van der Waals surface area contributed by atoms with E-state index in [1.54, 1.807) is 19.2 Å². The lowest BCUT2D eigenvalue weighted by molar-refractivity contribution is -0.114. The highest BCUT2D eigenvalue weighted by Crippen LogP contribution is 2.32. The number of likely N-dealkylation sites (tertiary alicyclic amines) is 1. The van der Waals surface area contributed by atoms with Gasteiger partial charge < -0.3 is 14.8 Å². The molecule has 9 heteroatoms. The summed E-state index contributed by atoms with van der Waals surface area (Å²) in [7, 11) is -0.0410. The van der Waals surface area contributed by atoms with Gasteiger partial charge in [0.2, 0.25) is 5.91 Å². The van der Waals surface area contributed by atoms with Crippen LogP contribution in [-0.2, 0) is 26.8 Å². The van der Waals surface area contributed by atoms with Crippen LogP contribution < -0.4 is 9.62 Å². The van der Waals surface area contributed by atoms with Gasteiger partial charge in [0.05, 0.1) is 21.6 Å². The van der Waals surface area contributed by atoms with E-state index in [4.69, 9.17) is 4.98 Å². The molecule has 1 amide bonds. The molecule has 0 spiro atoms. The van der Waals surface area contributed by atoms with Crippen LogP contribution in [0.15, 0.2) is 47.4 Å². The normalized spacial score (nSPS) is 17.3. The first-order valence-corrected chi connectivity index (χ1v) is 13.9. The van der Waals surface area contributed by atoms with E-state index < -0.39 is 10.0 Å². The van der Waals surface area contributed by atoms with Gasteiger partial charge in [-0.25, -0.2) is 13.4 Å². The van der Waals surface area contributed by atoms with E-state index in [0.29, 0.717) is 17.4 Å². The van der Waals surface area contributed by atoms with Crippen molar-refractivity contribution in [3.8, 4) is 0 Å². The average molecular weight is 512 g/mol. The first kappa shape index (κ1) is 26.2. The van der Waals surface area contributed by atoms with Crippen LogP contribution in [0, 0.1) is 0 Å². The molecule has 8 nitrogen and oxygen atoms in total. The molecular formula is C27H37N5O3S. The number of imidazole rings is 1. The maximum Gasteiger partial charge on any atom is 0.264 e. The smallest absolute Gasteiger partial charge is 0.264 e. The number of carbonyl (C=O) groups is 1. The Bertz CT molecular complexity index is 1360. The molecule has 1 aromatic heterocycles. The summed E-state index contributed by atoms with van der Waals surface area (Å²) in [5, 5.41) is 2.66. The van der Waals surface area contributed by atoms with Crippen molar-refractivity contribution in [1.82, 2.24) is 14.5 Å². The van der Waals surface area contributed by atoms with E-state index in [9.17, 15) is 13.2 Å². The van der Waals surface area contributed by atoms with Gasteiger partial charge in [-0.1, -0.05) is 27.2 Å². The highest BCUT2D eigenvalue weighted by Gasteiger charge is 2.28. The third kappa shape index (κ3) is 5.27. The Labute approximate surface area is 214 Å². The average Bonchev–Trinajstić information content (AvgIpc) is 3.18. The van der Waals surface area contributed by atoms with Crippen LogP contribution in [0.1, 0.15) is 52.8 Å². The van der Waals surface area contributed by atoms with Crippen LogP contribution in [0.4, 0.5) is 11.4 Å². The molecule has 1 N–H and O–H groups in total. The lowest BCUT2D eigenvalue weighted by Crippen LogP contribution is -2.40. The molecule has 194 valence electrons. The Hall–Kier alpha value is -2.91. The molecule has 0 bridgehead atoms. The van der Waals surface area contributed by atoms with Gasteiger partial charge >= 0.3 is 0 Å². The molecule has 0 saturated carbocycles. The predicted molar refractivity (Wildman–Crippen MR) is 145 cm³/mol. The molecule has 1 fully saturated rings. The summed E-state index contributed by atoms with van der Waals surface area (Å²) in [5.74, 6) is 0.799. The topological polar surface area (TPSA) is 87.5 Å². The number of piperidine rings is 1. The van der Waals surface area contributed by atoms with E-state index in [2.05, 4.69) is 42.6 Å². The number of nitrogens with zero attached hydrogens (tertiary/aromatic N) is 4. The number of anilines is 2. The van der Waals surface area contributed by atoms with Crippen LogP contribution in [-0.4, -0.2) is 55.5 Å². The number of carbonyl (C=O) groups excluding carboxylic acids is 1. The van der Waals surface area contributed by atoms with Crippen molar-refractivity contribution < 1.29 is 13.2 Å². The summed E-state index contributed by atoms with van der Waals surface area (Å²) in [6.07, 6.45) is 3.65. The fraction of sp³-hybridized carbons (Fsp3) is 0.481. The van der Waals surface area contributed by atoms with Crippen LogP contribution in [0.3, 0.4) is 0 Å². The highest BCUT2D eigenvalue weighted by molar-refractivity contribution is 7.92. The van der Waals surface area contributed by atoms with Gasteiger partial charge in [0, 0.05) is 37.7 Å². The summed E-state index contributed by atoms with van der Waals surface area (Å²) in [5.41, 5.74) is 2.76. The molecule has 4 rings (SSSR count). The van der Waals surface area contributed by atoms with Crippen LogP contribution >= 0.6 is 0 Å². The Morgan fingerprint density at radius 1 is 1.14 bits per heavy atom. The minimum atomic E-state index is -3.79. The van der Waals surface area contributed by atoms with E-state index in [0.717, 1.165) is 29.9 Å². The largest absolute Gasteiger partial charge is 0.326 e. The van der Waals surface area contributed by atoms with Gasteiger partial charge in [-0.15, -0.1) is 0 Å². The van der Waals surface area contributed by atoms with Crippen molar-refractivity contribution in [3.63, 3.8) is 0 Å². The Balaban J connectivity index is 1.68. The van der Waals surface area contributed by atoms with Crippen molar-refractivity contribution in [2.75, 3.05) is 30.3 Å². The Morgan fingerprint density at radius 2 is 1.83 bits per heavy atom. The number of amides is 1. The summed E-state index contributed by atoms with van der Waals surface area (Å²) in [4.78, 5) is 18.8. The van der Waals surface area contributed by atoms with Crippen molar-refractivity contribution in [1.29, 1.82) is 0 Å². The van der Waals surface area contributed by atoms with E-state index >= 15 is 0 Å². The number of aromatic nitrogens is 2. The summed E-state index contributed by atoms with van der Waals surface area (Å²) < 4.78 is 30.3. The number of hydrogen-bond acceptors (Lipinski definition) is 5. The van der Waals surface area contributed by atoms with E-state index in [1.807, 2.05) is 18.2 Å². The molecule has 2 heterocycles. The molecular weight excluding hydrogens is 474 g/mol. The number of nitrogens with one attached hydrogen (secondary N) is 1. The highest BCUT2D eigenvalue weighted by atomic mass is 32.2. The number of likely N-dealkylation sites (N-methyl/N-ethyl adjacent to an activating group) is 1. The van der Waals surface area contributed by atoms with Crippen molar-refractivity contribution in [2.45, 2.75) is 69.9 Å². The van der Waals surface area contributed by atoms with Gasteiger partial charge in [0.15, 0.2) is 0 Å². The second-order valence-corrected chi connectivity index (χ2v) is 12.7. The van der Waals surface area contributed by atoms with Crippen molar-refractivity contribution >= 4 is 38.3 Å². The van der Waals surface area contributed by atoms with Crippen molar-refractivity contribution in [2.24, 2.45) is 0 Å². The number of rotatable bonds is 6. The first-order chi connectivity index (χ1) is 16.9. The molecule has 0 radical (unpaired) electrons. The summed E-state index contributed by atoms with van der Waals surface area (Å²) in [6.45, 7) is 9.88. The lowest BCUT2D eigenvalue weighted by atomic mass is 9.95. The third-order valence-corrected chi connectivity index (χ3v) is 8.71. The van der Waals surface area contributed by atoms with Crippen molar-refractivity contribution in [3.05, 3.63) is 48.3 Å². The molecule has 3 aromatic rings. The number of fused-ring (bicyclic) bond motifs is 1. The maximum absolute atomic E-state index is 13.3. The number of benzene rings is 2. The molecule has 36 heavy (non-hydrogen) atoms. The molecule has 2 aromatic carbocycles. The fourth-order valence-corrected chi connectivity index (χ4v) is 6.05. The van der Waals surface area contributed by atoms with Gasteiger partial charge in [-0.3, -0.25) is 9.10 Å². The predicted octanol–water partition coefficient (Wildman–Crippen LogP) is 4.60. The van der Waals surface area contributed by atoms with E-state index in [1.165, 1.54) is 42.6 Å². The standard InChI is InChI=1S/C27H37N5O3S/c1-19(33)28-20-10-13-23(14-11-20)36(34,35)31(6)21-12-15-25-24(17-21)29-26(27(2,3)4)32(25)18-22-9-7-8-16-30(22)5/h10-15,17,22H,7-9,16,18H2,1-6H3,(H,28,33). The van der Waals surface area contributed by atoms with Gasteiger partial charge in [0.1, 0.15) is 5.82 Å². The van der Waals surface area contributed by atoms with Crippen LogP contribution in [0.2, 0.25) is 0 Å². The van der Waals surface area contributed by atoms with E-state index in [-0.39, 0.29) is 16.2 Å². The van der Waals surface area contributed by atoms with Gasteiger partial charge in [0.25, 0.3) is 10.0 Å². The van der Waals surface area contributed by atoms with Crippen LogP contribution in [0.5, 0.6) is 0 Å². The quantitative estimate of drug-likeness (QED) is 0.523. The third-order valence-electron chi connectivity index (χ3n) is 6.91. The Kier molecular flexibility index (Phi) is 7.16. The minimum absolute atomic E-state index is 0.153. The molecule has 1 unspecified atom stereocenters. The van der Waals surface area contributed by atoms with Crippen LogP contribution in [0.25, 0.3) is 11.0 Å². The second kappa shape index (κ2) is 9.86. The first-order valence-electron chi connectivity index (χ1n) is 12.5. The minimum Gasteiger partial charge on any atom is -0.326 e. The number of sulfonamides is 1. The summed E-state index contributed by atoms with van der Waals surface area (Å²) >= 11 is 0. The fourth-order valence-electron chi connectivity index (χ4n) is 4.87. The molecule has 1 atom stereocenters. The monoisotopic (exact) mass is 511 g/mol. The molecule has 0 aliphatic carbocycles. The maximum atomic E-state index is 13.3. The summed E-state index contributed by atoms with van der Waals surface area (Å²) in [6, 6.07) is 12.3. The molecule has 1 aliphatic rings. The lowest BCUT2D eigenvalue weighted by Gasteiger charge is -2.34. The van der Waals surface area contributed by atoms with Gasteiger partial charge in [-0.05, 0) is 68.9 Å². The zero-order chi connectivity index (χ0) is 26.3. The SMILES string of the molecule is CC(=O)Nc1ccc(S(=O)(=O)N(C)c2ccc3c(c2)nc(C(C)(C)C)n3CC2CCCCN2C)cc1. The number of hydrogen-bond donors (Lipinski definition) is 1. The molecule has 1 saturated heterocycles. The molecule has 1 aliphatic heterocycles. The van der Waals surface area contributed by atoms with Gasteiger partial charge in [-0.2, -0.15) is 0 Å². The Morgan fingerprint density at radius 3 is 2.44 bits per heavy atom.